The van der Waals surface area contributed by atoms with Gasteiger partial charge in [-0.25, -0.2) is 0 Å². The molecule has 0 saturated heterocycles. The lowest BCUT2D eigenvalue weighted by Crippen LogP contribution is -2.37. The Morgan fingerprint density at radius 3 is 1.51 bits per heavy atom. The first-order valence-electron chi connectivity index (χ1n) is 11.7. The SMILES string of the molecule is CC(=O)/C=C\C(C)=O.CC(C)C(=O)OCCOCCOC(=O)C(C)B1C(=O)C=CC1=O.CCCC. The third-order valence-electron chi connectivity index (χ3n) is 4.36. The zero-order valence-corrected chi connectivity index (χ0v) is 22.0. The Bertz CT molecular complexity index is 733. The summed E-state index contributed by atoms with van der Waals surface area (Å²) in [6, 6.07) is 0. The van der Waals surface area contributed by atoms with E-state index in [1.165, 1.54) is 57.9 Å². The number of hydrogen-bond acceptors (Lipinski definition) is 9. The van der Waals surface area contributed by atoms with Gasteiger partial charge < -0.3 is 23.8 Å². The second-order valence-electron chi connectivity index (χ2n) is 8.06. The molecule has 1 atom stereocenters. The van der Waals surface area contributed by atoms with E-state index in [2.05, 4.69) is 13.8 Å². The van der Waals surface area contributed by atoms with Crippen molar-refractivity contribution >= 4 is 41.6 Å². The van der Waals surface area contributed by atoms with Crippen molar-refractivity contribution in [3.8, 4) is 0 Å². The van der Waals surface area contributed by atoms with Crippen molar-refractivity contribution in [3.63, 3.8) is 0 Å². The van der Waals surface area contributed by atoms with Crippen LogP contribution in [0.5, 0.6) is 0 Å². The molecule has 9 nitrogen and oxygen atoms in total. The van der Waals surface area contributed by atoms with Gasteiger partial charge in [0, 0.05) is 5.82 Å². The van der Waals surface area contributed by atoms with Crippen molar-refractivity contribution in [1.29, 1.82) is 0 Å². The van der Waals surface area contributed by atoms with Gasteiger partial charge >= 0.3 is 18.7 Å². The summed E-state index contributed by atoms with van der Waals surface area (Å²) in [6.45, 7) is 11.6. The zero-order valence-electron chi connectivity index (χ0n) is 22.0. The Morgan fingerprint density at radius 1 is 0.771 bits per heavy atom. The summed E-state index contributed by atoms with van der Waals surface area (Å²) >= 11 is 0. The lowest BCUT2D eigenvalue weighted by molar-refractivity contribution is -0.149. The van der Waals surface area contributed by atoms with E-state index >= 15 is 0 Å². The first kappa shape index (κ1) is 34.3. The topological polar surface area (TPSA) is 130 Å². The smallest absolute Gasteiger partial charge is 0.327 e. The van der Waals surface area contributed by atoms with E-state index in [0.717, 1.165) is 0 Å². The number of allylic oxidation sites excluding steroid dienone is 4. The first-order valence-corrected chi connectivity index (χ1v) is 11.7. The molecule has 35 heavy (non-hydrogen) atoms. The molecule has 1 aliphatic rings. The van der Waals surface area contributed by atoms with Gasteiger partial charge in [-0.15, -0.1) is 0 Å². The predicted octanol–water partition coefficient (Wildman–Crippen LogP) is 2.94. The highest BCUT2D eigenvalue weighted by Gasteiger charge is 2.42. The summed E-state index contributed by atoms with van der Waals surface area (Å²) in [7, 11) is 0. The lowest BCUT2D eigenvalue weighted by Gasteiger charge is -2.13. The summed E-state index contributed by atoms with van der Waals surface area (Å²) in [5.41, 5.74) is -0.745. The van der Waals surface area contributed by atoms with Gasteiger partial charge in [-0.05, 0) is 38.2 Å². The summed E-state index contributed by atoms with van der Waals surface area (Å²) in [6.07, 6.45) is 7.50. The van der Waals surface area contributed by atoms with E-state index in [4.69, 9.17) is 14.2 Å². The summed E-state index contributed by atoms with van der Waals surface area (Å²) in [5.74, 6) is -2.12. The fraction of sp³-hybridized carbons (Fsp3) is 0.600. The minimum atomic E-state index is -0.973. The van der Waals surface area contributed by atoms with Crippen LogP contribution in [0.1, 0.15) is 61.3 Å². The van der Waals surface area contributed by atoms with E-state index in [-0.39, 0.29) is 61.2 Å². The van der Waals surface area contributed by atoms with Gasteiger partial charge in [-0.3, -0.25) is 19.2 Å². The lowest BCUT2D eigenvalue weighted by atomic mass is 9.38. The van der Waals surface area contributed by atoms with Crippen LogP contribution >= 0.6 is 0 Å². The Morgan fingerprint density at radius 2 is 1.17 bits per heavy atom. The van der Waals surface area contributed by atoms with Crippen LogP contribution in [0.15, 0.2) is 24.3 Å². The molecule has 1 unspecified atom stereocenters. The molecule has 0 radical (unpaired) electrons. The van der Waals surface area contributed by atoms with Crippen LogP contribution in [-0.2, 0) is 43.0 Å². The van der Waals surface area contributed by atoms with Crippen LogP contribution in [0.4, 0.5) is 0 Å². The number of rotatable bonds is 12. The number of ether oxygens (including phenoxy) is 3. The Labute approximate surface area is 208 Å². The molecular weight excluding hydrogens is 455 g/mol. The van der Waals surface area contributed by atoms with E-state index in [0.29, 0.717) is 0 Å². The summed E-state index contributed by atoms with van der Waals surface area (Å²) in [4.78, 5) is 66.2. The Kier molecular flexibility index (Phi) is 20.1. The molecule has 1 aliphatic heterocycles. The molecule has 0 aromatic carbocycles. The Balaban J connectivity index is 0. The van der Waals surface area contributed by atoms with Gasteiger partial charge in [0.05, 0.1) is 19.1 Å². The first-order chi connectivity index (χ1) is 16.4. The molecule has 1 heterocycles. The van der Waals surface area contributed by atoms with Gasteiger partial charge in [0.25, 0.3) is 0 Å². The van der Waals surface area contributed by atoms with Gasteiger partial charge in [-0.2, -0.15) is 0 Å². The van der Waals surface area contributed by atoms with Gasteiger partial charge in [-0.1, -0.05) is 47.5 Å². The molecule has 0 saturated carbocycles. The van der Waals surface area contributed by atoms with Crippen LogP contribution in [-0.4, -0.2) is 68.0 Å². The van der Waals surface area contributed by atoms with Crippen molar-refractivity contribution in [1.82, 2.24) is 0 Å². The standard InChI is InChI=1S/C15H21BO7.C6H8O2.C4H10/c1-10(2)14(19)22-8-6-21-7-9-23-15(20)11(3)16-12(17)4-5-13(16)18;1-5(7)3-4-6(2)8;1-3-4-2/h4-5,10-11H,6-9H2,1-3H3;3-4H,1-2H3;3-4H2,1-2H3/b;4-3-;. The summed E-state index contributed by atoms with van der Waals surface area (Å²) in [5, 5.41) is 0. The third kappa shape index (κ3) is 18.2. The van der Waals surface area contributed by atoms with Crippen molar-refractivity contribution in [3.05, 3.63) is 24.3 Å². The Hall–Kier alpha value is -2.88. The van der Waals surface area contributed by atoms with E-state index in [1.807, 2.05) is 0 Å². The quantitative estimate of drug-likeness (QED) is 0.174. The molecule has 0 aromatic heterocycles. The number of carbonyl (C=O) groups is 6. The van der Waals surface area contributed by atoms with Crippen LogP contribution < -0.4 is 0 Å². The fourth-order valence-corrected chi connectivity index (χ4v) is 2.18. The van der Waals surface area contributed by atoms with Crippen LogP contribution in [0.25, 0.3) is 0 Å². The number of unbranched alkanes of at least 4 members (excludes halogenated alkanes) is 1. The molecule has 0 amide bonds. The highest BCUT2D eigenvalue weighted by molar-refractivity contribution is 7.17. The van der Waals surface area contributed by atoms with Crippen molar-refractivity contribution in [2.24, 2.45) is 5.92 Å². The molecule has 0 aliphatic carbocycles. The third-order valence-corrected chi connectivity index (χ3v) is 4.36. The molecule has 0 fully saturated rings. The van der Waals surface area contributed by atoms with E-state index < -0.39 is 18.5 Å². The summed E-state index contributed by atoms with van der Waals surface area (Å²) < 4.78 is 15.0. The number of ketones is 2. The average Bonchev–Trinajstić information content (AvgIpc) is 3.14. The molecule has 10 heteroatoms. The average molecular weight is 494 g/mol. The fourth-order valence-electron chi connectivity index (χ4n) is 2.18. The van der Waals surface area contributed by atoms with E-state index in [1.54, 1.807) is 13.8 Å². The highest BCUT2D eigenvalue weighted by atomic mass is 16.6. The van der Waals surface area contributed by atoms with Gasteiger partial charge in [0.1, 0.15) is 24.6 Å². The maximum Gasteiger partial charge on any atom is 0.327 e. The monoisotopic (exact) mass is 494 g/mol. The maximum absolute atomic E-state index is 11.8. The molecule has 0 spiro atoms. The second-order valence-corrected chi connectivity index (χ2v) is 8.06. The van der Waals surface area contributed by atoms with Crippen molar-refractivity contribution in [2.45, 2.75) is 67.1 Å². The number of carbonyl (C=O) groups excluding carboxylic acids is 6. The molecule has 0 aromatic rings. The van der Waals surface area contributed by atoms with Crippen LogP contribution in [0, 0.1) is 5.92 Å². The van der Waals surface area contributed by atoms with Gasteiger partial charge in [0.15, 0.2) is 11.6 Å². The number of esters is 2. The molecule has 1 rings (SSSR count). The van der Waals surface area contributed by atoms with Gasteiger partial charge in [0.2, 0.25) is 0 Å². The normalized spacial score (nSPS) is 13.1. The number of hydrogen-bond donors (Lipinski definition) is 0. The maximum atomic E-state index is 11.8. The van der Waals surface area contributed by atoms with Crippen molar-refractivity contribution < 1.29 is 43.0 Å². The molecule has 0 N–H and O–H groups in total. The second kappa shape index (κ2) is 20.5. The minimum absolute atomic E-state index is 0.00380. The van der Waals surface area contributed by atoms with Crippen LogP contribution in [0.3, 0.4) is 0 Å². The molecule has 196 valence electrons. The molecule has 0 bridgehead atoms. The predicted molar refractivity (Wildman–Crippen MR) is 133 cm³/mol. The largest absolute Gasteiger partial charge is 0.464 e. The zero-order chi connectivity index (χ0) is 27.4. The molecular formula is C25H39BO9. The van der Waals surface area contributed by atoms with Crippen LogP contribution in [0.2, 0.25) is 5.82 Å². The minimum Gasteiger partial charge on any atom is -0.464 e. The van der Waals surface area contributed by atoms with Crippen molar-refractivity contribution in [2.75, 3.05) is 26.4 Å². The highest BCUT2D eigenvalue weighted by Crippen LogP contribution is 2.18. The van der Waals surface area contributed by atoms with E-state index in [9.17, 15) is 28.8 Å².